The van der Waals surface area contributed by atoms with E-state index in [2.05, 4.69) is 18.8 Å². The number of Topliss-reactive ketones (excluding diaryl/α,β-unsaturated/α-hetero) is 2. The van der Waals surface area contributed by atoms with Gasteiger partial charge < -0.3 is 4.74 Å². The summed E-state index contributed by atoms with van der Waals surface area (Å²) in [6, 6.07) is 13.3. The van der Waals surface area contributed by atoms with Gasteiger partial charge in [-0.3, -0.25) is 19.3 Å². The quantitative estimate of drug-likeness (QED) is 0.243. The van der Waals surface area contributed by atoms with Crippen LogP contribution in [0.15, 0.2) is 58.9 Å². The van der Waals surface area contributed by atoms with Crippen molar-refractivity contribution in [2.24, 2.45) is 5.92 Å². The maximum atomic E-state index is 13.7. The van der Waals surface area contributed by atoms with Crippen LogP contribution in [0.3, 0.4) is 0 Å². The van der Waals surface area contributed by atoms with Gasteiger partial charge in [0.1, 0.15) is 5.92 Å². The van der Waals surface area contributed by atoms with Crippen LogP contribution in [0.1, 0.15) is 52.9 Å². The second-order valence-corrected chi connectivity index (χ2v) is 13.2. The van der Waals surface area contributed by atoms with Crippen LogP contribution in [0.25, 0.3) is 0 Å². The number of ketones is 2. The van der Waals surface area contributed by atoms with E-state index in [1.54, 1.807) is 24.3 Å². The lowest BCUT2D eigenvalue weighted by atomic mass is 9.85. The summed E-state index contributed by atoms with van der Waals surface area (Å²) in [7, 11) is -3.86. The number of aryl methyl sites for hydroxylation is 1. The Morgan fingerprint density at radius 2 is 1.67 bits per heavy atom. The predicted molar refractivity (Wildman–Crippen MR) is 146 cm³/mol. The lowest BCUT2D eigenvalue weighted by molar-refractivity contribution is -0.135. The topological polar surface area (TPSA) is 114 Å². The number of aromatic nitrogens is 1. The summed E-state index contributed by atoms with van der Waals surface area (Å²) >= 11 is 0.815. The van der Waals surface area contributed by atoms with E-state index in [-0.39, 0.29) is 28.3 Å². The summed E-state index contributed by atoms with van der Waals surface area (Å²) in [5, 5.41) is 0.0531. The summed E-state index contributed by atoms with van der Waals surface area (Å²) < 4.78 is 33.0. The summed E-state index contributed by atoms with van der Waals surface area (Å²) in [4.78, 5) is 46.0. The number of carbonyl (C=O) groups is 3. The molecule has 3 aromatic rings. The second-order valence-electron chi connectivity index (χ2n) is 9.99. The number of carbonyl (C=O) groups excluding carboxylic acids is 3. The van der Waals surface area contributed by atoms with Crippen molar-refractivity contribution >= 4 is 44.0 Å². The van der Waals surface area contributed by atoms with Crippen LogP contribution >= 0.6 is 11.3 Å². The first-order chi connectivity index (χ1) is 18.6. The minimum absolute atomic E-state index is 0.0399. The molecule has 2 unspecified atom stereocenters. The van der Waals surface area contributed by atoms with Gasteiger partial charge in [-0.25, -0.2) is 13.4 Å². The average Bonchev–Trinajstić information content (AvgIpc) is 3.53. The molecule has 0 bridgehead atoms. The van der Waals surface area contributed by atoms with E-state index < -0.39 is 39.5 Å². The van der Waals surface area contributed by atoms with E-state index in [1.807, 2.05) is 31.2 Å². The minimum Gasteiger partial charge on any atom is -0.379 e. The van der Waals surface area contributed by atoms with Crippen LogP contribution in [-0.2, 0) is 24.3 Å². The molecule has 2 atom stereocenters. The number of amides is 1. The zero-order valence-corrected chi connectivity index (χ0v) is 23.5. The Morgan fingerprint density at radius 3 is 2.28 bits per heavy atom. The fourth-order valence-corrected chi connectivity index (χ4v) is 7.57. The number of rotatable bonds is 7. The molecule has 0 saturated carbocycles. The third-order valence-corrected chi connectivity index (χ3v) is 10.4. The number of hydrogen-bond donors (Lipinski definition) is 0. The molecule has 0 N–H and O–H groups in total. The molecule has 2 fully saturated rings. The van der Waals surface area contributed by atoms with Crippen molar-refractivity contribution in [3.8, 4) is 0 Å². The summed E-state index contributed by atoms with van der Waals surface area (Å²) in [5.74, 6) is -3.23. The Kier molecular flexibility index (Phi) is 7.51. The highest BCUT2D eigenvalue weighted by atomic mass is 32.2. The number of morpholine rings is 1. The Bertz CT molecular complexity index is 1510. The maximum Gasteiger partial charge on any atom is 0.297 e. The van der Waals surface area contributed by atoms with Crippen LogP contribution < -0.4 is 4.90 Å². The zero-order chi connectivity index (χ0) is 27.9. The molecular weight excluding hydrogens is 538 g/mol. The summed E-state index contributed by atoms with van der Waals surface area (Å²) in [5.41, 5.74) is 2.94. The van der Waals surface area contributed by atoms with Crippen LogP contribution in [-0.4, -0.2) is 61.5 Å². The molecule has 0 aliphatic carbocycles. The number of nitrogens with zero attached hydrogens (tertiary/aromatic N) is 3. The number of hydrogen-bond acceptors (Lipinski definition) is 8. The highest BCUT2D eigenvalue weighted by Crippen LogP contribution is 2.43. The monoisotopic (exact) mass is 567 g/mol. The normalized spacial score (nSPS) is 20.7. The first kappa shape index (κ1) is 27.3. The largest absolute Gasteiger partial charge is 0.379 e. The molecule has 2 aromatic carbocycles. The summed E-state index contributed by atoms with van der Waals surface area (Å²) in [6.45, 7) is 7.02. The van der Waals surface area contributed by atoms with E-state index >= 15 is 0 Å². The fourth-order valence-electron chi connectivity index (χ4n) is 4.85. The number of benzene rings is 2. The first-order valence-corrected chi connectivity index (χ1v) is 15.0. The number of anilines is 1. The molecule has 2 aliphatic heterocycles. The van der Waals surface area contributed by atoms with E-state index in [9.17, 15) is 22.8 Å². The van der Waals surface area contributed by atoms with Crippen LogP contribution in [0.5, 0.6) is 0 Å². The van der Waals surface area contributed by atoms with Gasteiger partial charge in [-0.05, 0) is 24.0 Å². The lowest BCUT2D eigenvalue weighted by Crippen LogP contribution is -2.40. The van der Waals surface area contributed by atoms with Gasteiger partial charge in [-0.15, -0.1) is 0 Å². The van der Waals surface area contributed by atoms with Gasteiger partial charge in [-0.1, -0.05) is 79.3 Å². The van der Waals surface area contributed by atoms with Crippen LogP contribution in [0.2, 0.25) is 0 Å². The van der Waals surface area contributed by atoms with E-state index in [4.69, 9.17) is 4.74 Å². The smallest absolute Gasteiger partial charge is 0.297 e. The molecule has 3 heterocycles. The Labute approximate surface area is 231 Å². The van der Waals surface area contributed by atoms with E-state index in [0.717, 1.165) is 22.5 Å². The molecule has 39 heavy (non-hydrogen) atoms. The third-order valence-electron chi connectivity index (χ3n) is 7.11. The molecule has 9 nitrogen and oxygen atoms in total. The van der Waals surface area contributed by atoms with Crippen molar-refractivity contribution in [2.45, 2.75) is 36.9 Å². The number of sulfonamides is 1. The van der Waals surface area contributed by atoms with Gasteiger partial charge in [0.15, 0.2) is 15.1 Å². The highest BCUT2D eigenvalue weighted by Gasteiger charge is 2.53. The average molecular weight is 568 g/mol. The van der Waals surface area contributed by atoms with Gasteiger partial charge in [0.05, 0.1) is 25.5 Å². The molecule has 1 amide bonds. The maximum absolute atomic E-state index is 13.7. The standard InChI is InChI=1S/C28H29N3O6S2/c1-17(2)19-8-10-20(11-9-19)24-23(25(32)21-6-4-18(3)5-7-21)26(33)27(34)31(24)28-29-16-22(38-28)39(35,36)30-12-14-37-15-13-30/h4-11,16-17,23-24H,12-15H2,1-3H3. The molecular formula is C28H29N3O6S2. The Hall–Kier alpha value is -3.25. The Balaban J connectivity index is 1.57. The van der Waals surface area contributed by atoms with Crippen LogP contribution in [0.4, 0.5) is 5.13 Å². The predicted octanol–water partition coefficient (Wildman–Crippen LogP) is 3.75. The second kappa shape index (κ2) is 10.7. The van der Waals surface area contributed by atoms with E-state index in [1.165, 1.54) is 15.4 Å². The zero-order valence-electron chi connectivity index (χ0n) is 21.9. The first-order valence-electron chi connectivity index (χ1n) is 12.7. The highest BCUT2D eigenvalue weighted by molar-refractivity contribution is 7.91. The molecule has 2 aliphatic rings. The van der Waals surface area contributed by atoms with Crippen molar-refractivity contribution in [1.82, 2.24) is 9.29 Å². The van der Waals surface area contributed by atoms with E-state index in [0.29, 0.717) is 24.3 Å². The van der Waals surface area contributed by atoms with Crippen LogP contribution in [0, 0.1) is 12.8 Å². The number of thiazole rings is 1. The molecule has 0 spiro atoms. The van der Waals surface area contributed by atoms with Gasteiger partial charge in [-0.2, -0.15) is 4.31 Å². The van der Waals surface area contributed by atoms with Crippen molar-refractivity contribution in [1.29, 1.82) is 0 Å². The molecule has 2 saturated heterocycles. The van der Waals surface area contributed by atoms with Crippen molar-refractivity contribution < 1.29 is 27.5 Å². The molecule has 5 rings (SSSR count). The molecule has 204 valence electrons. The minimum atomic E-state index is -3.86. The van der Waals surface area contributed by atoms with Crippen molar-refractivity contribution in [2.75, 3.05) is 31.2 Å². The Morgan fingerprint density at radius 1 is 1.03 bits per heavy atom. The third kappa shape index (κ3) is 5.07. The van der Waals surface area contributed by atoms with Crippen molar-refractivity contribution in [3.63, 3.8) is 0 Å². The lowest BCUT2D eigenvalue weighted by Gasteiger charge is -2.26. The molecule has 0 radical (unpaired) electrons. The fraction of sp³-hybridized carbons (Fsp3) is 0.357. The van der Waals surface area contributed by atoms with Gasteiger partial charge >= 0.3 is 0 Å². The van der Waals surface area contributed by atoms with Crippen molar-refractivity contribution in [3.05, 3.63) is 77.0 Å². The van der Waals surface area contributed by atoms with Gasteiger partial charge in [0.2, 0.25) is 5.78 Å². The number of ether oxygens (including phenoxy) is 1. The van der Waals surface area contributed by atoms with Gasteiger partial charge in [0, 0.05) is 18.7 Å². The SMILES string of the molecule is Cc1ccc(C(=O)C2C(=O)C(=O)N(c3ncc(S(=O)(=O)N4CCOCC4)s3)C2c2ccc(C(C)C)cc2)cc1. The molecule has 11 heteroatoms. The molecule has 1 aromatic heterocycles. The summed E-state index contributed by atoms with van der Waals surface area (Å²) in [6.07, 6.45) is 1.20. The van der Waals surface area contributed by atoms with Gasteiger partial charge in [0.25, 0.3) is 15.9 Å².